The van der Waals surface area contributed by atoms with E-state index in [1.807, 2.05) is 44.2 Å². The lowest BCUT2D eigenvalue weighted by Gasteiger charge is -2.13. The highest BCUT2D eigenvalue weighted by molar-refractivity contribution is 9.10. The molecule has 0 bridgehead atoms. The number of aromatic nitrogens is 1. The second kappa shape index (κ2) is 5.40. The summed E-state index contributed by atoms with van der Waals surface area (Å²) in [5.74, 6) is 0.950. The minimum absolute atomic E-state index is 0.0490. The first-order valence-corrected chi connectivity index (χ1v) is 6.53. The first-order chi connectivity index (χ1) is 8.99. The molecule has 4 nitrogen and oxygen atoms in total. The lowest BCUT2D eigenvalue weighted by molar-refractivity contribution is 0.457. The van der Waals surface area contributed by atoms with Crippen LogP contribution in [0.5, 0.6) is 11.6 Å². The molecule has 19 heavy (non-hydrogen) atoms. The number of nitrogens with one attached hydrogen (secondary N) is 1. The number of pyridine rings is 1. The van der Waals surface area contributed by atoms with Crippen molar-refractivity contribution in [2.24, 2.45) is 5.73 Å². The smallest absolute Gasteiger partial charge is 0.230 e. The zero-order valence-corrected chi connectivity index (χ0v) is 12.3. The van der Waals surface area contributed by atoms with Crippen LogP contribution in [-0.2, 0) is 0 Å². The van der Waals surface area contributed by atoms with Crippen LogP contribution in [0.25, 0.3) is 0 Å². The number of hydrogen-bond acceptors (Lipinski definition) is 3. The number of nitrogens with two attached hydrogens (primary N) is 1. The molecule has 0 saturated heterocycles. The summed E-state index contributed by atoms with van der Waals surface area (Å²) >= 11 is 3.41. The molecule has 1 heterocycles. The summed E-state index contributed by atoms with van der Waals surface area (Å²) in [5.41, 5.74) is 7.84. The Balaban J connectivity index is 2.51. The van der Waals surface area contributed by atoms with Crippen molar-refractivity contribution in [3.05, 3.63) is 51.6 Å². The number of benzene rings is 1. The minimum atomic E-state index is -0.0490. The van der Waals surface area contributed by atoms with E-state index >= 15 is 0 Å². The van der Waals surface area contributed by atoms with Gasteiger partial charge in [0.05, 0.1) is 10.0 Å². The first-order valence-electron chi connectivity index (χ1n) is 5.74. The number of para-hydroxylation sites is 1. The van der Waals surface area contributed by atoms with E-state index in [9.17, 15) is 0 Å². The van der Waals surface area contributed by atoms with Crippen LogP contribution in [0.4, 0.5) is 0 Å². The molecule has 2 rings (SSSR count). The Kier molecular flexibility index (Phi) is 3.85. The van der Waals surface area contributed by atoms with Crippen LogP contribution >= 0.6 is 15.9 Å². The number of nitrogen functional groups attached to an aromatic ring is 1. The average Bonchev–Trinajstić information content (AvgIpc) is 2.30. The first kappa shape index (κ1) is 13.5. The zero-order valence-electron chi connectivity index (χ0n) is 10.7. The Labute approximate surface area is 120 Å². The summed E-state index contributed by atoms with van der Waals surface area (Å²) in [6.07, 6.45) is 0. The van der Waals surface area contributed by atoms with Gasteiger partial charge in [0, 0.05) is 5.69 Å². The van der Waals surface area contributed by atoms with Gasteiger partial charge in [-0.2, -0.15) is 0 Å². The lowest BCUT2D eigenvalue weighted by Crippen LogP contribution is -2.15. The molecule has 1 aromatic heterocycles. The molecule has 3 N–H and O–H groups in total. The molecule has 0 unspecified atom stereocenters. The third-order valence-corrected chi connectivity index (χ3v) is 3.28. The monoisotopic (exact) mass is 319 g/mol. The van der Waals surface area contributed by atoms with Crippen LogP contribution in [0.2, 0.25) is 0 Å². The van der Waals surface area contributed by atoms with Crippen LogP contribution < -0.4 is 10.5 Å². The maximum atomic E-state index is 7.65. The quantitative estimate of drug-likeness (QED) is 0.671. The van der Waals surface area contributed by atoms with Gasteiger partial charge in [-0.1, -0.05) is 12.1 Å². The lowest BCUT2D eigenvalue weighted by atomic mass is 10.1. The molecule has 0 saturated carbocycles. The molecule has 0 spiro atoms. The molecule has 0 aliphatic heterocycles. The highest BCUT2D eigenvalue weighted by Gasteiger charge is 2.14. The van der Waals surface area contributed by atoms with E-state index in [0.29, 0.717) is 17.2 Å². The maximum Gasteiger partial charge on any atom is 0.230 e. The van der Waals surface area contributed by atoms with Gasteiger partial charge in [0.25, 0.3) is 0 Å². The average molecular weight is 320 g/mol. The predicted octanol–water partition coefficient (Wildman–Crippen LogP) is 3.54. The number of rotatable bonds is 3. The predicted molar refractivity (Wildman–Crippen MR) is 78.9 cm³/mol. The highest BCUT2D eigenvalue weighted by atomic mass is 79.9. The van der Waals surface area contributed by atoms with Crippen LogP contribution in [-0.4, -0.2) is 10.8 Å². The normalized spacial score (nSPS) is 10.3. The van der Waals surface area contributed by atoms with E-state index in [0.717, 1.165) is 15.7 Å². The topological polar surface area (TPSA) is 72.0 Å². The highest BCUT2D eigenvalue weighted by Crippen LogP contribution is 2.31. The SMILES string of the molecule is Cc1cc(C)c(C(=N)N)c(Oc2ccccc2Br)n1. The van der Waals surface area contributed by atoms with E-state index < -0.39 is 0 Å². The molecule has 98 valence electrons. The van der Waals surface area contributed by atoms with Gasteiger partial charge >= 0.3 is 0 Å². The second-order valence-corrected chi connectivity index (χ2v) is 5.06. The largest absolute Gasteiger partial charge is 0.437 e. The van der Waals surface area contributed by atoms with Crippen molar-refractivity contribution in [2.45, 2.75) is 13.8 Å². The van der Waals surface area contributed by atoms with Crippen molar-refractivity contribution in [3.8, 4) is 11.6 Å². The Bertz CT molecular complexity index is 641. The standard InChI is InChI=1S/C14H14BrN3O/c1-8-7-9(2)18-14(12(8)13(16)17)19-11-6-4-3-5-10(11)15/h3-7H,1-2H3,(H3,16,17). The fraction of sp³-hybridized carbons (Fsp3) is 0.143. The Morgan fingerprint density at radius 3 is 2.63 bits per heavy atom. The molecular formula is C14H14BrN3O. The fourth-order valence-electron chi connectivity index (χ4n) is 1.84. The molecule has 0 radical (unpaired) electrons. The molecule has 0 atom stereocenters. The van der Waals surface area contributed by atoms with Crippen LogP contribution in [0, 0.1) is 19.3 Å². The van der Waals surface area contributed by atoms with Gasteiger partial charge < -0.3 is 10.5 Å². The summed E-state index contributed by atoms with van der Waals surface area (Å²) in [6, 6.07) is 9.36. The molecule has 0 fully saturated rings. The van der Waals surface area contributed by atoms with Gasteiger partial charge in [-0.05, 0) is 53.5 Å². The number of ether oxygens (including phenoxy) is 1. The Morgan fingerprint density at radius 2 is 2.00 bits per heavy atom. The summed E-state index contributed by atoms with van der Waals surface area (Å²) in [4.78, 5) is 4.33. The number of aryl methyl sites for hydroxylation is 2. The molecule has 0 aliphatic rings. The summed E-state index contributed by atoms with van der Waals surface area (Å²) < 4.78 is 6.61. The van der Waals surface area contributed by atoms with Gasteiger partial charge in [-0.3, -0.25) is 5.41 Å². The van der Waals surface area contributed by atoms with Crippen LogP contribution in [0.1, 0.15) is 16.8 Å². The van der Waals surface area contributed by atoms with E-state index in [1.165, 1.54) is 0 Å². The summed E-state index contributed by atoms with van der Waals surface area (Å²) in [5, 5.41) is 7.65. The molecule has 0 aliphatic carbocycles. The van der Waals surface area contributed by atoms with Gasteiger partial charge in [-0.15, -0.1) is 0 Å². The van der Waals surface area contributed by atoms with Crippen molar-refractivity contribution < 1.29 is 4.74 Å². The molecule has 2 aromatic rings. The van der Waals surface area contributed by atoms with Crippen molar-refractivity contribution in [1.29, 1.82) is 5.41 Å². The third kappa shape index (κ3) is 2.93. The second-order valence-electron chi connectivity index (χ2n) is 4.21. The third-order valence-electron chi connectivity index (χ3n) is 2.62. The number of halogens is 1. The van der Waals surface area contributed by atoms with Gasteiger partial charge in [0.2, 0.25) is 5.88 Å². The Morgan fingerprint density at radius 1 is 1.32 bits per heavy atom. The fourth-order valence-corrected chi connectivity index (χ4v) is 2.20. The van der Waals surface area contributed by atoms with Crippen molar-refractivity contribution in [2.75, 3.05) is 0 Å². The van der Waals surface area contributed by atoms with Crippen molar-refractivity contribution in [3.63, 3.8) is 0 Å². The molecule has 5 heteroatoms. The maximum absolute atomic E-state index is 7.65. The minimum Gasteiger partial charge on any atom is -0.437 e. The van der Waals surface area contributed by atoms with E-state index in [4.69, 9.17) is 15.9 Å². The van der Waals surface area contributed by atoms with Gasteiger partial charge in [0.1, 0.15) is 11.6 Å². The van der Waals surface area contributed by atoms with E-state index in [2.05, 4.69) is 20.9 Å². The van der Waals surface area contributed by atoms with Crippen LogP contribution in [0.3, 0.4) is 0 Å². The van der Waals surface area contributed by atoms with Gasteiger partial charge in [0.15, 0.2) is 0 Å². The molecule has 0 amide bonds. The number of amidine groups is 1. The van der Waals surface area contributed by atoms with E-state index in [1.54, 1.807) is 0 Å². The van der Waals surface area contributed by atoms with Crippen molar-refractivity contribution >= 4 is 21.8 Å². The Hall–Kier alpha value is -1.88. The molecule has 1 aromatic carbocycles. The summed E-state index contributed by atoms with van der Waals surface area (Å²) in [7, 11) is 0. The van der Waals surface area contributed by atoms with E-state index in [-0.39, 0.29) is 5.84 Å². The zero-order chi connectivity index (χ0) is 14.0. The van der Waals surface area contributed by atoms with Crippen LogP contribution in [0.15, 0.2) is 34.8 Å². The summed E-state index contributed by atoms with van der Waals surface area (Å²) in [6.45, 7) is 3.77. The number of hydrogen-bond donors (Lipinski definition) is 2. The molecular weight excluding hydrogens is 306 g/mol. The number of nitrogens with zero attached hydrogens (tertiary/aromatic N) is 1. The van der Waals surface area contributed by atoms with Gasteiger partial charge in [-0.25, -0.2) is 4.98 Å². The van der Waals surface area contributed by atoms with Crippen molar-refractivity contribution in [1.82, 2.24) is 4.98 Å².